The zero-order chi connectivity index (χ0) is 19.9. The van der Waals surface area contributed by atoms with Crippen LogP contribution in [-0.2, 0) is 9.53 Å². The molecule has 2 aromatic heterocycles. The normalized spacial score (nSPS) is 10.8. The number of para-hydroxylation sites is 1. The molecule has 2 heterocycles. The number of aromatic nitrogens is 1. The van der Waals surface area contributed by atoms with Gasteiger partial charge in [-0.3, -0.25) is 9.59 Å². The van der Waals surface area contributed by atoms with Crippen molar-refractivity contribution in [1.29, 1.82) is 0 Å². The second kappa shape index (κ2) is 9.43. The van der Waals surface area contributed by atoms with Gasteiger partial charge in [0.05, 0.1) is 28.2 Å². The van der Waals surface area contributed by atoms with E-state index in [0.717, 1.165) is 27.9 Å². The molecule has 0 unspecified atom stereocenters. The minimum Gasteiger partial charge on any atom is -0.385 e. The molecule has 1 N–H and O–H groups in total. The fraction of sp³-hybridized carbons (Fsp3) is 0.286. The lowest BCUT2D eigenvalue weighted by molar-refractivity contribution is -0.121. The Morgan fingerprint density at radius 3 is 2.79 bits per heavy atom. The molecule has 0 saturated carbocycles. The van der Waals surface area contributed by atoms with Gasteiger partial charge in [-0.15, -0.1) is 11.3 Å². The molecule has 0 radical (unpaired) electrons. The van der Waals surface area contributed by atoms with Crippen molar-refractivity contribution in [2.24, 2.45) is 0 Å². The van der Waals surface area contributed by atoms with E-state index in [2.05, 4.69) is 10.3 Å². The fourth-order valence-corrected chi connectivity index (χ4v) is 3.58. The summed E-state index contributed by atoms with van der Waals surface area (Å²) in [5.41, 5.74) is 2.06. The van der Waals surface area contributed by atoms with Crippen LogP contribution in [0.4, 0.5) is 0 Å². The number of amides is 2. The Morgan fingerprint density at radius 2 is 2.04 bits per heavy atom. The molecular weight excluding hydrogens is 374 g/mol. The number of carbonyl (C=O) groups excluding carboxylic acids is 2. The molecule has 2 amide bonds. The Hall–Kier alpha value is -2.77. The van der Waals surface area contributed by atoms with Gasteiger partial charge in [0.1, 0.15) is 0 Å². The van der Waals surface area contributed by atoms with Crippen LogP contribution in [-0.4, -0.2) is 55.6 Å². The van der Waals surface area contributed by atoms with Gasteiger partial charge in [0.25, 0.3) is 5.91 Å². The number of fused-ring (bicyclic) bond motifs is 1. The second-order valence-electron chi connectivity index (χ2n) is 6.41. The number of hydrogen-bond acceptors (Lipinski definition) is 5. The van der Waals surface area contributed by atoms with Crippen LogP contribution in [0, 0.1) is 0 Å². The molecule has 28 heavy (non-hydrogen) atoms. The van der Waals surface area contributed by atoms with Crippen molar-refractivity contribution < 1.29 is 14.3 Å². The molecule has 0 fully saturated rings. The molecule has 0 aliphatic carbocycles. The van der Waals surface area contributed by atoms with E-state index in [1.165, 1.54) is 4.90 Å². The Balaban J connectivity index is 1.81. The molecule has 0 aliphatic heterocycles. The van der Waals surface area contributed by atoms with E-state index in [9.17, 15) is 9.59 Å². The van der Waals surface area contributed by atoms with Crippen molar-refractivity contribution in [2.45, 2.75) is 6.42 Å². The number of carbonyl (C=O) groups is 2. The Morgan fingerprint density at radius 1 is 1.21 bits per heavy atom. The number of pyridine rings is 1. The number of nitrogens with zero attached hydrogens (tertiary/aromatic N) is 2. The highest BCUT2D eigenvalue weighted by Gasteiger charge is 2.19. The van der Waals surface area contributed by atoms with Gasteiger partial charge < -0.3 is 15.0 Å². The average molecular weight is 398 g/mol. The van der Waals surface area contributed by atoms with Crippen LogP contribution >= 0.6 is 11.3 Å². The van der Waals surface area contributed by atoms with Crippen molar-refractivity contribution in [3.05, 3.63) is 53.4 Å². The third-order valence-corrected chi connectivity index (χ3v) is 5.19. The Bertz CT molecular complexity index is 957. The third kappa shape index (κ3) is 4.74. The van der Waals surface area contributed by atoms with Crippen LogP contribution in [0.3, 0.4) is 0 Å². The van der Waals surface area contributed by atoms with Gasteiger partial charge in [0.2, 0.25) is 5.91 Å². The number of benzene rings is 1. The van der Waals surface area contributed by atoms with Crippen molar-refractivity contribution in [3.8, 4) is 10.6 Å². The maximum atomic E-state index is 13.1. The first-order valence-corrected chi connectivity index (χ1v) is 9.93. The number of thiophene rings is 1. The third-order valence-electron chi connectivity index (χ3n) is 4.30. The van der Waals surface area contributed by atoms with E-state index < -0.39 is 0 Å². The monoisotopic (exact) mass is 397 g/mol. The quantitative estimate of drug-likeness (QED) is 0.593. The molecule has 0 atom stereocenters. The van der Waals surface area contributed by atoms with Crippen LogP contribution < -0.4 is 5.32 Å². The number of methoxy groups -OCH3 is 1. The molecule has 0 spiro atoms. The summed E-state index contributed by atoms with van der Waals surface area (Å²) in [7, 11) is 3.26. The maximum Gasteiger partial charge on any atom is 0.254 e. The van der Waals surface area contributed by atoms with Gasteiger partial charge in [-0.05, 0) is 30.0 Å². The smallest absolute Gasteiger partial charge is 0.254 e. The molecule has 1 aromatic carbocycles. The predicted octanol–water partition coefficient (Wildman–Crippen LogP) is 3.19. The molecule has 0 aliphatic rings. The van der Waals surface area contributed by atoms with E-state index in [1.54, 1.807) is 25.5 Å². The lowest BCUT2D eigenvalue weighted by Gasteiger charge is -2.18. The van der Waals surface area contributed by atoms with Crippen molar-refractivity contribution >= 4 is 34.1 Å². The van der Waals surface area contributed by atoms with Gasteiger partial charge in [-0.2, -0.15) is 0 Å². The average Bonchev–Trinajstić information content (AvgIpc) is 3.24. The Labute approximate surface area is 168 Å². The summed E-state index contributed by atoms with van der Waals surface area (Å²) in [6.07, 6.45) is 0.735. The number of ether oxygens (including phenoxy) is 1. The Kier molecular flexibility index (Phi) is 6.73. The predicted molar refractivity (Wildman–Crippen MR) is 112 cm³/mol. The van der Waals surface area contributed by atoms with Gasteiger partial charge >= 0.3 is 0 Å². The fourth-order valence-electron chi connectivity index (χ4n) is 2.90. The molecule has 0 bridgehead atoms. The zero-order valence-corrected chi connectivity index (χ0v) is 16.8. The van der Waals surface area contributed by atoms with Crippen molar-refractivity contribution in [1.82, 2.24) is 15.2 Å². The van der Waals surface area contributed by atoms with Crippen LogP contribution in [0.1, 0.15) is 16.8 Å². The first kappa shape index (κ1) is 20.0. The topological polar surface area (TPSA) is 71.5 Å². The highest BCUT2D eigenvalue weighted by molar-refractivity contribution is 7.13. The van der Waals surface area contributed by atoms with E-state index in [4.69, 9.17) is 4.74 Å². The minimum atomic E-state index is -0.205. The zero-order valence-electron chi connectivity index (χ0n) is 16.0. The molecule has 0 saturated heterocycles. The maximum absolute atomic E-state index is 13.1. The molecular formula is C21H23N3O3S. The summed E-state index contributed by atoms with van der Waals surface area (Å²) in [5, 5.41) is 5.56. The number of rotatable bonds is 8. The van der Waals surface area contributed by atoms with Gasteiger partial charge in [-0.1, -0.05) is 24.3 Å². The first-order chi connectivity index (χ1) is 13.6. The van der Waals surface area contributed by atoms with Crippen molar-refractivity contribution in [2.75, 3.05) is 33.9 Å². The molecule has 6 nitrogen and oxygen atoms in total. The van der Waals surface area contributed by atoms with Crippen LogP contribution in [0.25, 0.3) is 21.5 Å². The van der Waals surface area contributed by atoms with Gasteiger partial charge in [0.15, 0.2) is 0 Å². The second-order valence-corrected chi connectivity index (χ2v) is 7.35. The number of likely N-dealkylation sites (N-methyl/N-ethyl adjacent to an activating group) is 1. The van der Waals surface area contributed by atoms with Crippen molar-refractivity contribution in [3.63, 3.8) is 0 Å². The van der Waals surface area contributed by atoms with Gasteiger partial charge in [0, 0.05) is 32.7 Å². The summed E-state index contributed by atoms with van der Waals surface area (Å²) in [4.78, 5) is 32.3. The summed E-state index contributed by atoms with van der Waals surface area (Å²) >= 11 is 1.58. The highest BCUT2D eigenvalue weighted by atomic mass is 32.1. The molecule has 146 valence electrons. The largest absolute Gasteiger partial charge is 0.385 e. The lowest BCUT2D eigenvalue weighted by atomic mass is 10.1. The highest BCUT2D eigenvalue weighted by Crippen LogP contribution is 2.28. The number of nitrogens with one attached hydrogen (secondary N) is 1. The van der Waals surface area contributed by atoms with E-state index in [0.29, 0.717) is 18.7 Å². The van der Waals surface area contributed by atoms with Crippen LogP contribution in [0.5, 0.6) is 0 Å². The summed E-state index contributed by atoms with van der Waals surface area (Å²) in [5.74, 6) is -0.396. The van der Waals surface area contributed by atoms with E-state index in [-0.39, 0.29) is 18.4 Å². The first-order valence-electron chi connectivity index (χ1n) is 9.05. The summed E-state index contributed by atoms with van der Waals surface area (Å²) in [6, 6.07) is 13.3. The molecule has 3 rings (SSSR count). The molecule has 3 aromatic rings. The standard InChI is InChI=1S/C21H23N3O3S/c1-24(14-20(25)22-10-6-11-27-2)21(26)16-13-18(19-9-5-12-28-19)23-17-8-4-3-7-15(16)17/h3-5,7-9,12-13H,6,10-11,14H2,1-2H3,(H,22,25). The van der Waals surface area contributed by atoms with E-state index in [1.807, 2.05) is 47.8 Å². The summed E-state index contributed by atoms with van der Waals surface area (Å²) in [6.45, 7) is 1.11. The minimum absolute atomic E-state index is 0.00317. The lowest BCUT2D eigenvalue weighted by Crippen LogP contribution is -2.39. The van der Waals surface area contributed by atoms with Crippen LogP contribution in [0.15, 0.2) is 47.8 Å². The van der Waals surface area contributed by atoms with Gasteiger partial charge in [-0.25, -0.2) is 4.98 Å². The molecule has 7 heteroatoms. The summed E-state index contributed by atoms with van der Waals surface area (Å²) < 4.78 is 4.96. The SMILES string of the molecule is COCCCNC(=O)CN(C)C(=O)c1cc(-c2cccs2)nc2ccccc12. The number of hydrogen-bond donors (Lipinski definition) is 1. The van der Waals surface area contributed by atoms with Crippen LogP contribution in [0.2, 0.25) is 0 Å². The van der Waals surface area contributed by atoms with E-state index >= 15 is 0 Å².